The molecule has 1 aliphatic heterocycles. The highest BCUT2D eigenvalue weighted by atomic mass is 16.2. The van der Waals surface area contributed by atoms with Crippen LogP contribution in [0.1, 0.15) is 32.6 Å². The second kappa shape index (κ2) is 3.82. The Morgan fingerprint density at radius 3 is 2.81 bits per heavy atom. The summed E-state index contributed by atoms with van der Waals surface area (Å²) < 4.78 is 0. The maximum Gasteiger partial charge on any atom is 0.324 e. The van der Waals surface area contributed by atoms with Crippen molar-refractivity contribution in [3.63, 3.8) is 0 Å². The lowest BCUT2D eigenvalue weighted by Crippen LogP contribution is -2.51. The third kappa shape index (κ3) is 1.47. The van der Waals surface area contributed by atoms with Gasteiger partial charge < -0.3 is 4.90 Å². The smallest absolute Gasteiger partial charge is 0.301 e. The average Bonchev–Trinajstić information content (AvgIpc) is 2.48. The number of carbonyl (C=O) groups excluding carboxylic acids is 1. The van der Waals surface area contributed by atoms with Crippen LogP contribution >= 0.6 is 0 Å². The van der Waals surface area contributed by atoms with Crippen molar-refractivity contribution in [2.45, 2.75) is 38.1 Å². The van der Waals surface area contributed by atoms with E-state index in [1.807, 2.05) is 0 Å². The molecule has 1 spiro atoms. The van der Waals surface area contributed by atoms with E-state index in [9.17, 15) is 4.79 Å². The van der Waals surface area contributed by atoms with Crippen LogP contribution in [-0.4, -0.2) is 28.9 Å². The van der Waals surface area contributed by atoms with Gasteiger partial charge in [-0.1, -0.05) is 12.8 Å². The van der Waals surface area contributed by atoms with Crippen molar-refractivity contribution >= 4 is 11.9 Å². The van der Waals surface area contributed by atoms with Crippen LogP contribution in [0.5, 0.6) is 0 Å². The van der Waals surface area contributed by atoms with Gasteiger partial charge in [-0.15, -0.1) is 6.42 Å². The molecule has 86 valence electrons. The van der Waals surface area contributed by atoms with Gasteiger partial charge in [-0.05, 0) is 31.6 Å². The van der Waals surface area contributed by atoms with Gasteiger partial charge in [0.05, 0.1) is 6.54 Å². The fraction of sp³-hybridized carbons (Fsp3) is 0.667. The van der Waals surface area contributed by atoms with E-state index < -0.39 is 5.54 Å². The van der Waals surface area contributed by atoms with Crippen molar-refractivity contribution in [3.05, 3.63) is 0 Å². The molecule has 0 bridgehead atoms. The zero-order valence-corrected chi connectivity index (χ0v) is 9.55. The lowest BCUT2D eigenvalue weighted by molar-refractivity contribution is 0.143. The number of terminal acetylenes is 1. The number of amidine groups is 1. The lowest BCUT2D eigenvalue weighted by Gasteiger charge is -2.40. The van der Waals surface area contributed by atoms with Crippen LogP contribution in [0.15, 0.2) is 0 Å². The number of hydrogen-bond donors (Lipinski definition) is 2. The third-order valence-electron chi connectivity index (χ3n) is 3.81. The van der Waals surface area contributed by atoms with E-state index in [2.05, 4.69) is 18.2 Å². The molecule has 0 unspecified atom stereocenters. The van der Waals surface area contributed by atoms with Gasteiger partial charge in [-0.2, -0.15) is 0 Å². The SMILES string of the molecule is C#CCN1C(=O)NC(=N)C12CCC(C)CC2. The molecule has 2 rings (SSSR count). The Bertz CT molecular complexity index is 361. The molecule has 0 atom stereocenters. The van der Waals surface area contributed by atoms with E-state index in [0.717, 1.165) is 25.7 Å². The van der Waals surface area contributed by atoms with Crippen LogP contribution in [0.4, 0.5) is 4.79 Å². The molecule has 2 amide bonds. The van der Waals surface area contributed by atoms with Crippen LogP contribution in [-0.2, 0) is 0 Å². The molecule has 4 nitrogen and oxygen atoms in total. The van der Waals surface area contributed by atoms with Crippen molar-refractivity contribution in [1.29, 1.82) is 5.41 Å². The zero-order valence-electron chi connectivity index (χ0n) is 9.55. The minimum Gasteiger partial charge on any atom is -0.301 e. The summed E-state index contributed by atoms with van der Waals surface area (Å²) in [6.07, 6.45) is 9.11. The highest BCUT2D eigenvalue weighted by molar-refractivity contribution is 6.08. The first-order valence-electron chi connectivity index (χ1n) is 5.71. The number of carbonyl (C=O) groups is 1. The minimum absolute atomic E-state index is 0.211. The van der Waals surface area contributed by atoms with E-state index in [1.54, 1.807) is 4.90 Å². The largest absolute Gasteiger partial charge is 0.324 e. The van der Waals surface area contributed by atoms with E-state index in [-0.39, 0.29) is 6.03 Å². The number of amides is 2. The highest BCUT2D eigenvalue weighted by Gasteiger charge is 2.50. The molecule has 0 aromatic carbocycles. The highest BCUT2D eigenvalue weighted by Crippen LogP contribution is 2.39. The molecule has 0 aromatic rings. The first kappa shape index (κ1) is 11.0. The topological polar surface area (TPSA) is 56.2 Å². The second-order valence-electron chi connectivity index (χ2n) is 4.81. The number of hydrogen-bond acceptors (Lipinski definition) is 2. The van der Waals surface area contributed by atoms with Gasteiger partial charge in [-0.25, -0.2) is 4.79 Å². The van der Waals surface area contributed by atoms with Gasteiger partial charge in [0.2, 0.25) is 0 Å². The van der Waals surface area contributed by atoms with E-state index in [0.29, 0.717) is 18.3 Å². The van der Waals surface area contributed by atoms with Crippen LogP contribution < -0.4 is 5.32 Å². The van der Waals surface area contributed by atoms with Gasteiger partial charge >= 0.3 is 6.03 Å². The summed E-state index contributed by atoms with van der Waals surface area (Å²) in [5.41, 5.74) is -0.435. The fourth-order valence-corrected chi connectivity index (χ4v) is 2.69. The second-order valence-corrected chi connectivity index (χ2v) is 4.81. The molecule has 2 aliphatic rings. The van der Waals surface area contributed by atoms with Gasteiger partial charge in [0, 0.05) is 0 Å². The maximum absolute atomic E-state index is 11.7. The predicted octanol–water partition coefficient (Wildman–Crippen LogP) is 1.57. The summed E-state index contributed by atoms with van der Waals surface area (Å²) in [4.78, 5) is 13.4. The summed E-state index contributed by atoms with van der Waals surface area (Å²) in [5.74, 6) is 3.53. The number of rotatable bonds is 1. The van der Waals surface area contributed by atoms with Crippen molar-refractivity contribution < 1.29 is 4.79 Å². The van der Waals surface area contributed by atoms with Crippen molar-refractivity contribution in [3.8, 4) is 12.3 Å². The summed E-state index contributed by atoms with van der Waals surface area (Å²) >= 11 is 0. The van der Waals surface area contributed by atoms with Crippen molar-refractivity contribution in [2.75, 3.05) is 6.54 Å². The van der Waals surface area contributed by atoms with Gasteiger partial charge in [-0.3, -0.25) is 10.7 Å². The van der Waals surface area contributed by atoms with E-state index >= 15 is 0 Å². The average molecular weight is 219 g/mol. The van der Waals surface area contributed by atoms with Crippen molar-refractivity contribution in [2.24, 2.45) is 5.92 Å². The Morgan fingerprint density at radius 2 is 2.25 bits per heavy atom. The Hall–Kier alpha value is -1.50. The fourth-order valence-electron chi connectivity index (χ4n) is 2.69. The molecule has 1 heterocycles. The molecular weight excluding hydrogens is 202 g/mol. The van der Waals surface area contributed by atoms with Gasteiger partial charge in [0.25, 0.3) is 0 Å². The first-order valence-corrected chi connectivity index (χ1v) is 5.71. The molecule has 0 aromatic heterocycles. The Kier molecular flexibility index (Phi) is 2.63. The van der Waals surface area contributed by atoms with Crippen molar-refractivity contribution in [1.82, 2.24) is 10.2 Å². The van der Waals surface area contributed by atoms with E-state index in [4.69, 9.17) is 11.8 Å². The maximum atomic E-state index is 11.7. The molecular formula is C12H17N3O. The van der Waals surface area contributed by atoms with Crippen LogP contribution in [0.25, 0.3) is 0 Å². The molecule has 16 heavy (non-hydrogen) atoms. The van der Waals surface area contributed by atoms with Crippen LogP contribution in [0.3, 0.4) is 0 Å². The Balaban J connectivity index is 2.26. The van der Waals surface area contributed by atoms with Gasteiger partial charge in [0.15, 0.2) is 0 Å². The molecule has 2 fully saturated rings. The number of urea groups is 1. The van der Waals surface area contributed by atoms with Crippen LogP contribution in [0, 0.1) is 23.7 Å². The molecule has 1 saturated heterocycles. The summed E-state index contributed by atoms with van der Waals surface area (Å²) in [5, 5.41) is 10.6. The number of nitrogens with zero attached hydrogens (tertiary/aromatic N) is 1. The monoisotopic (exact) mass is 219 g/mol. The van der Waals surface area contributed by atoms with E-state index in [1.165, 1.54) is 0 Å². The summed E-state index contributed by atoms with van der Waals surface area (Å²) in [6, 6.07) is -0.211. The minimum atomic E-state index is -0.435. The predicted molar refractivity (Wildman–Crippen MR) is 62.2 cm³/mol. The quantitative estimate of drug-likeness (QED) is 0.646. The lowest BCUT2D eigenvalue weighted by atomic mass is 9.76. The molecule has 0 radical (unpaired) electrons. The number of nitrogens with one attached hydrogen (secondary N) is 2. The van der Waals surface area contributed by atoms with Crippen LogP contribution in [0.2, 0.25) is 0 Å². The zero-order chi connectivity index (χ0) is 11.8. The third-order valence-corrected chi connectivity index (χ3v) is 3.81. The standard InChI is InChI=1S/C12H17N3O/c1-3-8-15-11(16)14-10(13)12(15)6-4-9(2)5-7-12/h1,9H,4-8H2,2H3,(H2,13,14,16). The summed E-state index contributed by atoms with van der Waals surface area (Å²) in [7, 11) is 0. The Labute approximate surface area is 95.9 Å². The molecule has 4 heteroatoms. The van der Waals surface area contributed by atoms with Gasteiger partial charge in [0.1, 0.15) is 11.4 Å². The Morgan fingerprint density at radius 1 is 1.62 bits per heavy atom. The summed E-state index contributed by atoms with van der Waals surface area (Å²) in [6.45, 7) is 2.51. The molecule has 2 N–H and O–H groups in total. The molecule has 1 saturated carbocycles. The normalized spacial score (nSPS) is 34.0. The first-order chi connectivity index (χ1) is 7.60. The molecule has 1 aliphatic carbocycles.